The molecule has 5 heteroatoms. The minimum atomic E-state index is -0.607. The highest BCUT2D eigenvalue weighted by atomic mass is 19.1. The fraction of sp³-hybridized carbons (Fsp3) is 0.0769. The van der Waals surface area contributed by atoms with Crippen molar-refractivity contribution < 1.29 is 18.3 Å². The second-order valence-electron chi connectivity index (χ2n) is 3.58. The molecule has 1 aromatic heterocycles. The Morgan fingerprint density at radius 2 is 2.00 bits per heavy atom. The molecule has 0 saturated heterocycles. The van der Waals surface area contributed by atoms with E-state index in [4.69, 9.17) is 4.74 Å². The van der Waals surface area contributed by atoms with E-state index in [0.29, 0.717) is 6.29 Å². The molecule has 0 saturated carbocycles. The smallest absolute Gasteiger partial charge is 0.153 e. The summed E-state index contributed by atoms with van der Waals surface area (Å²) in [5.41, 5.74) is 0.557. The van der Waals surface area contributed by atoms with Gasteiger partial charge in [0.15, 0.2) is 6.29 Å². The van der Waals surface area contributed by atoms with Crippen molar-refractivity contribution in [1.82, 2.24) is 4.98 Å². The average Bonchev–Trinajstić information content (AvgIpc) is 2.38. The third kappa shape index (κ3) is 2.20. The number of hydrogen-bond acceptors (Lipinski definition) is 3. The first-order valence-electron chi connectivity index (χ1n) is 5.09. The van der Waals surface area contributed by atoms with Gasteiger partial charge in [-0.2, -0.15) is 0 Å². The van der Waals surface area contributed by atoms with Crippen LogP contribution >= 0.6 is 0 Å². The Labute approximate surface area is 102 Å². The Hall–Kier alpha value is -2.30. The van der Waals surface area contributed by atoms with Crippen LogP contribution in [0.15, 0.2) is 30.6 Å². The Kier molecular flexibility index (Phi) is 3.32. The SMILES string of the molecule is COc1cc(F)c(-c2cncc(F)c2)cc1C=O. The summed E-state index contributed by atoms with van der Waals surface area (Å²) < 4.78 is 31.7. The average molecular weight is 249 g/mol. The van der Waals surface area contributed by atoms with Gasteiger partial charge in [0, 0.05) is 23.4 Å². The van der Waals surface area contributed by atoms with Crippen LogP contribution in [0, 0.1) is 11.6 Å². The van der Waals surface area contributed by atoms with Gasteiger partial charge in [0.2, 0.25) is 0 Å². The zero-order valence-electron chi connectivity index (χ0n) is 9.48. The Balaban J connectivity index is 2.61. The van der Waals surface area contributed by atoms with Gasteiger partial charge in [-0.1, -0.05) is 0 Å². The second-order valence-corrected chi connectivity index (χ2v) is 3.58. The van der Waals surface area contributed by atoms with E-state index < -0.39 is 11.6 Å². The molecule has 0 N–H and O–H groups in total. The fourth-order valence-corrected chi connectivity index (χ4v) is 1.62. The minimum Gasteiger partial charge on any atom is -0.496 e. The summed E-state index contributed by atoms with van der Waals surface area (Å²) in [6, 6.07) is 3.54. The Bertz CT molecular complexity index is 600. The van der Waals surface area contributed by atoms with E-state index >= 15 is 0 Å². The quantitative estimate of drug-likeness (QED) is 0.785. The normalized spacial score (nSPS) is 10.2. The van der Waals surface area contributed by atoms with Gasteiger partial charge in [0.25, 0.3) is 0 Å². The number of rotatable bonds is 3. The van der Waals surface area contributed by atoms with Gasteiger partial charge in [-0.25, -0.2) is 8.78 Å². The van der Waals surface area contributed by atoms with Crippen LogP contribution in [-0.2, 0) is 0 Å². The molecule has 1 heterocycles. The van der Waals surface area contributed by atoms with Gasteiger partial charge in [-0.3, -0.25) is 9.78 Å². The van der Waals surface area contributed by atoms with Gasteiger partial charge in [-0.15, -0.1) is 0 Å². The van der Waals surface area contributed by atoms with E-state index in [1.807, 2.05) is 0 Å². The third-order valence-corrected chi connectivity index (χ3v) is 2.46. The maximum Gasteiger partial charge on any atom is 0.153 e. The Morgan fingerprint density at radius 3 is 2.61 bits per heavy atom. The summed E-state index contributed by atoms with van der Waals surface area (Å²) in [6.45, 7) is 0. The monoisotopic (exact) mass is 249 g/mol. The zero-order valence-corrected chi connectivity index (χ0v) is 9.48. The molecule has 0 radical (unpaired) electrons. The third-order valence-electron chi connectivity index (χ3n) is 2.46. The van der Waals surface area contributed by atoms with Crippen molar-refractivity contribution >= 4 is 6.29 Å². The number of hydrogen-bond donors (Lipinski definition) is 0. The van der Waals surface area contributed by atoms with Crippen molar-refractivity contribution in [1.29, 1.82) is 0 Å². The van der Waals surface area contributed by atoms with Crippen molar-refractivity contribution in [2.75, 3.05) is 7.11 Å². The molecule has 2 aromatic rings. The maximum absolute atomic E-state index is 13.8. The Morgan fingerprint density at radius 1 is 1.22 bits per heavy atom. The molecule has 0 aliphatic carbocycles. The molecule has 18 heavy (non-hydrogen) atoms. The molecule has 0 aliphatic rings. The first-order valence-corrected chi connectivity index (χ1v) is 5.09. The molecule has 0 aliphatic heterocycles. The second kappa shape index (κ2) is 4.91. The number of pyridine rings is 1. The number of carbonyl (C=O) groups excluding carboxylic acids is 1. The summed E-state index contributed by atoms with van der Waals surface area (Å²) in [5, 5.41) is 0. The molecule has 0 bridgehead atoms. The van der Waals surface area contributed by atoms with Crippen molar-refractivity contribution in [3.8, 4) is 16.9 Å². The van der Waals surface area contributed by atoms with E-state index in [1.165, 1.54) is 19.4 Å². The molecule has 92 valence electrons. The molecule has 0 fully saturated rings. The summed E-state index contributed by atoms with van der Waals surface area (Å²) in [5.74, 6) is -1.05. The molecule has 0 spiro atoms. The lowest BCUT2D eigenvalue weighted by atomic mass is 10.0. The van der Waals surface area contributed by atoms with Crippen molar-refractivity contribution in [3.63, 3.8) is 0 Å². The number of carbonyl (C=O) groups is 1. The highest BCUT2D eigenvalue weighted by Crippen LogP contribution is 2.28. The predicted molar refractivity (Wildman–Crippen MR) is 61.5 cm³/mol. The number of nitrogens with zero attached hydrogens (tertiary/aromatic N) is 1. The number of methoxy groups -OCH3 is 1. The largest absolute Gasteiger partial charge is 0.496 e. The highest BCUT2D eigenvalue weighted by molar-refractivity contribution is 5.83. The van der Waals surface area contributed by atoms with Crippen LogP contribution in [0.5, 0.6) is 5.75 Å². The maximum atomic E-state index is 13.8. The van der Waals surface area contributed by atoms with Crippen molar-refractivity contribution in [3.05, 3.63) is 47.8 Å². The molecule has 2 rings (SSSR count). The molecule has 0 amide bonds. The van der Waals surface area contributed by atoms with E-state index in [2.05, 4.69) is 4.98 Å². The van der Waals surface area contributed by atoms with Crippen LogP contribution in [0.2, 0.25) is 0 Å². The summed E-state index contributed by atoms with van der Waals surface area (Å²) in [4.78, 5) is 14.5. The lowest BCUT2D eigenvalue weighted by Crippen LogP contribution is -1.95. The summed E-state index contributed by atoms with van der Waals surface area (Å²) in [7, 11) is 1.34. The van der Waals surface area contributed by atoms with Crippen molar-refractivity contribution in [2.45, 2.75) is 0 Å². The minimum absolute atomic E-state index is 0.102. The summed E-state index contributed by atoms with van der Waals surface area (Å²) >= 11 is 0. The number of halogens is 2. The number of aromatic nitrogens is 1. The standard InChI is InChI=1S/C13H9F2NO2/c1-18-13-4-12(15)11(3-9(13)7-17)8-2-10(14)6-16-5-8/h2-7H,1H3. The van der Waals surface area contributed by atoms with Crippen molar-refractivity contribution in [2.24, 2.45) is 0 Å². The highest BCUT2D eigenvalue weighted by Gasteiger charge is 2.12. The molecule has 0 unspecified atom stereocenters. The fourth-order valence-electron chi connectivity index (χ4n) is 1.62. The van der Waals surface area contributed by atoms with Crippen LogP contribution < -0.4 is 4.74 Å². The lowest BCUT2D eigenvalue weighted by molar-refractivity contribution is 0.112. The van der Waals surface area contributed by atoms with Crippen LogP contribution in [-0.4, -0.2) is 18.4 Å². The molecular weight excluding hydrogens is 240 g/mol. The topological polar surface area (TPSA) is 39.2 Å². The molecule has 1 aromatic carbocycles. The van der Waals surface area contributed by atoms with Gasteiger partial charge in [0.05, 0.1) is 18.9 Å². The zero-order chi connectivity index (χ0) is 13.1. The number of benzene rings is 1. The van der Waals surface area contributed by atoms with Gasteiger partial charge in [-0.05, 0) is 12.1 Å². The predicted octanol–water partition coefficient (Wildman–Crippen LogP) is 2.85. The lowest BCUT2D eigenvalue weighted by Gasteiger charge is -2.08. The first kappa shape index (κ1) is 12.2. The van der Waals surface area contributed by atoms with Gasteiger partial charge in [0.1, 0.15) is 17.4 Å². The first-order chi connectivity index (χ1) is 8.65. The molecule has 0 atom stereocenters. The number of ether oxygens (including phenoxy) is 1. The number of aldehydes is 1. The van der Waals surface area contributed by atoms with Gasteiger partial charge < -0.3 is 4.74 Å². The summed E-state index contributed by atoms with van der Waals surface area (Å²) in [6.07, 6.45) is 2.89. The van der Waals surface area contributed by atoms with E-state index in [0.717, 1.165) is 18.3 Å². The molecular formula is C13H9F2NO2. The van der Waals surface area contributed by atoms with Crippen LogP contribution in [0.3, 0.4) is 0 Å². The van der Waals surface area contributed by atoms with Crippen LogP contribution in [0.4, 0.5) is 8.78 Å². The van der Waals surface area contributed by atoms with Crippen LogP contribution in [0.1, 0.15) is 10.4 Å². The molecule has 3 nitrogen and oxygen atoms in total. The van der Waals surface area contributed by atoms with Crippen LogP contribution in [0.25, 0.3) is 11.1 Å². The van der Waals surface area contributed by atoms with E-state index in [1.54, 1.807) is 0 Å². The van der Waals surface area contributed by atoms with Gasteiger partial charge >= 0.3 is 0 Å². The van der Waals surface area contributed by atoms with E-state index in [-0.39, 0.29) is 22.4 Å². The van der Waals surface area contributed by atoms with E-state index in [9.17, 15) is 13.6 Å².